The lowest BCUT2D eigenvalue weighted by molar-refractivity contribution is 0.0782. The van der Waals surface area contributed by atoms with Crippen LogP contribution < -0.4 is 0 Å². The lowest BCUT2D eigenvalue weighted by atomic mass is 10.2. The molecule has 19 heavy (non-hydrogen) atoms. The second-order valence-electron chi connectivity index (χ2n) is 3.75. The van der Waals surface area contributed by atoms with Gasteiger partial charge in [0.15, 0.2) is 0 Å². The predicted molar refractivity (Wildman–Crippen MR) is 76.3 cm³/mol. The van der Waals surface area contributed by atoms with Crippen LogP contribution in [0.15, 0.2) is 35.7 Å². The number of likely N-dealkylation sites (N-methyl/N-ethyl adjacent to an activating group) is 1. The molecule has 0 atom stereocenters. The van der Waals surface area contributed by atoms with E-state index in [0.29, 0.717) is 13.1 Å². The minimum Gasteiger partial charge on any atom is -0.335 e. The van der Waals surface area contributed by atoms with E-state index in [9.17, 15) is 13.2 Å². The SMILES string of the molecule is C=CCN(CC)C(=O)c1cc(Cl)cc(S(=O)(=O)Cl)c1. The summed E-state index contributed by atoms with van der Waals surface area (Å²) in [6.07, 6.45) is 1.59. The van der Waals surface area contributed by atoms with Gasteiger partial charge in [-0.1, -0.05) is 17.7 Å². The lowest BCUT2D eigenvalue weighted by Crippen LogP contribution is -2.30. The summed E-state index contributed by atoms with van der Waals surface area (Å²) in [5.41, 5.74) is 0.176. The molecule has 0 fully saturated rings. The molecule has 1 amide bonds. The fourth-order valence-electron chi connectivity index (χ4n) is 1.52. The molecule has 0 saturated carbocycles. The van der Waals surface area contributed by atoms with E-state index in [2.05, 4.69) is 6.58 Å². The first kappa shape index (κ1) is 16.0. The number of amides is 1. The van der Waals surface area contributed by atoms with E-state index in [0.717, 1.165) is 0 Å². The molecule has 7 heteroatoms. The number of carbonyl (C=O) groups is 1. The van der Waals surface area contributed by atoms with Gasteiger partial charge in [-0.2, -0.15) is 0 Å². The van der Waals surface area contributed by atoms with Gasteiger partial charge in [-0.25, -0.2) is 8.42 Å². The molecule has 0 saturated heterocycles. The molecule has 104 valence electrons. The Hall–Kier alpha value is -1.04. The Kier molecular flexibility index (Phi) is 5.40. The van der Waals surface area contributed by atoms with Crippen LogP contribution in [0.5, 0.6) is 0 Å². The minimum absolute atomic E-state index is 0.139. The smallest absolute Gasteiger partial charge is 0.261 e. The third kappa shape index (κ3) is 4.23. The molecule has 0 N–H and O–H groups in total. The molecule has 0 aliphatic rings. The fraction of sp³-hybridized carbons (Fsp3) is 0.250. The first-order valence-electron chi connectivity index (χ1n) is 5.45. The van der Waals surface area contributed by atoms with Crippen molar-refractivity contribution in [2.75, 3.05) is 13.1 Å². The average molecular weight is 322 g/mol. The van der Waals surface area contributed by atoms with Crippen LogP contribution in [0.4, 0.5) is 0 Å². The summed E-state index contributed by atoms with van der Waals surface area (Å²) in [7, 11) is 1.33. The van der Waals surface area contributed by atoms with Gasteiger partial charge in [-0.05, 0) is 25.1 Å². The topological polar surface area (TPSA) is 54.5 Å². The summed E-state index contributed by atoms with van der Waals surface area (Å²) in [4.78, 5) is 13.5. The number of hydrogen-bond acceptors (Lipinski definition) is 3. The summed E-state index contributed by atoms with van der Waals surface area (Å²) in [6, 6.07) is 3.81. The first-order valence-corrected chi connectivity index (χ1v) is 8.13. The van der Waals surface area contributed by atoms with Crippen molar-refractivity contribution in [1.29, 1.82) is 0 Å². The van der Waals surface area contributed by atoms with Crippen LogP contribution in [0.2, 0.25) is 5.02 Å². The summed E-state index contributed by atoms with van der Waals surface area (Å²) >= 11 is 5.81. The maximum atomic E-state index is 12.2. The van der Waals surface area contributed by atoms with Gasteiger partial charge in [0.1, 0.15) is 0 Å². The Morgan fingerprint density at radius 2 is 2.05 bits per heavy atom. The number of rotatable bonds is 5. The van der Waals surface area contributed by atoms with Gasteiger partial charge in [0.25, 0.3) is 15.0 Å². The molecular formula is C12H13Cl2NO3S. The molecule has 0 aliphatic heterocycles. The second-order valence-corrected chi connectivity index (χ2v) is 6.75. The van der Waals surface area contributed by atoms with Crippen molar-refractivity contribution in [3.05, 3.63) is 41.4 Å². The van der Waals surface area contributed by atoms with Crippen molar-refractivity contribution < 1.29 is 13.2 Å². The van der Waals surface area contributed by atoms with Crippen molar-refractivity contribution >= 4 is 37.2 Å². The standard InChI is InChI=1S/C12H13Cl2NO3S/c1-3-5-15(4-2)12(16)9-6-10(13)8-11(7-9)19(14,17)18/h3,6-8H,1,4-5H2,2H3. The number of carbonyl (C=O) groups excluding carboxylic acids is 1. The summed E-state index contributed by atoms with van der Waals surface area (Å²) in [5.74, 6) is -0.327. The van der Waals surface area contributed by atoms with E-state index >= 15 is 0 Å². The van der Waals surface area contributed by atoms with Crippen LogP contribution in [-0.2, 0) is 9.05 Å². The third-order valence-electron chi connectivity index (χ3n) is 2.42. The van der Waals surface area contributed by atoms with E-state index < -0.39 is 9.05 Å². The van der Waals surface area contributed by atoms with Crippen molar-refractivity contribution in [2.24, 2.45) is 0 Å². The Bertz CT molecular complexity index is 599. The van der Waals surface area contributed by atoms with Crippen molar-refractivity contribution in [1.82, 2.24) is 4.90 Å². The van der Waals surface area contributed by atoms with E-state index in [-0.39, 0.29) is 21.4 Å². The van der Waals surface area contributed by atoms with Crippen molar-refractivity contribution in [2.45, 2.75) is 11.8 Å². The zero-order valence-corrected chi connectivity index (χ0v) is 12.6. The largest absolute Gasteiger partial charge is 0.335 e. The monoisotopic (exact) mass is 321 g/mol. The maximum absolute atomic E-state index is 12.2. The maximum Gasteiger partial charge on any atom is 0.261 e. The highest BCUT2D eigenvalue weighted by molar-refractivity contribution is 8.13. The quantitative estimate of drug-likeness (QED) is 0.619. The molecule has 0 bridgehead atoms. The lowest BCUT2D eigenvalue weighted by Gasteiger charge is -2.19. The molecule has 4 nitrogen and oxygen atoms in total. The van der Waals surface area contributed by atoms with E-state index in [1.165, 1.54) is 23.1 Å². The van der Waals surface area contributed by atoms with Crippen molar-refractivity contribution in [3.63, 3.8) is 0 Å². The number of hydrogen-bond donors (Lipinski definition) is 0. The molecule has 0 unspecified atom stereocenters. The zero-order valence-electron chi connectivity index (χ0n) is 10.3. The molecule has 1 rings (SSSR count). The van der Waals surface area contributed by atoms with Crippen LogP contribution in [0.25, 0.3) is 0 Å². The number of benzene rings is 1. The molecule has 0 radical (unpaired) electrons. The molecule has 1 aromatic carbocycles. The van der Waals surface area contributed by atoms with Crippen LogP contribution >= 0.6 is 22.3 Å². The number of nitrogens with zero attached hydrogens (tertiary/aromatic N) is 1. The molecule has 1 aromatic rings. The minimum atomic E-state index is -3.93. The zero-order chi connectivity index (χ0) is 14.6. The molecule has 0 aromatic heterocycles. The second kappa shape index (κ2) is 6.41. The molecule has 0 aliphatic carbocycles. The Morgan fingerprint density at radius 1 is 1.42 bits per heavy atom. The first-order chi connectivity index (χ1) is 8.79. The van der Waals surface area contributed by atoms with Gasteiger partial charge in [0, 0.05) is 34.4 Å². The normalized spacial score (nSPS) is 11.1. The Balaban J connectivity index is 3.24. The van der Waals surface area contributed by atoms with E-state index in [1.54, 1.807) is 6.08 Å². The summed E-state index contributed by atoms with van der Waals surface area (Å²) in [5, 5.41) is 0.139. The van der Waals surface area contributed by atoms with Gasteiger partial charge < -0.3 is 4.90 Å². The van der Waals surface area contributed by atoms with Crippen molar-refractivity contribution in [3.8, 4) is 0 Å². The highest BCUT2D eigenvalue weighted by Gasteiger charge is 2.18. The van der Waals surface area contributed by atoms with E-state index in [4.69, 9.17) is 22.3 Å². The summed E-state index contributed by atoms with van der Waals surface area (Å²) in [6.45, 7) is 6.21. The number of halogens is 2. The van der Waals surface area contributed by atoms with Gasteiger partial charge in [-0.15, -0.1) is 6.58 Å². The van der Waals surface area contributed by atoms with Gasteiger partial charge in [-0.3, -0.25) is 4.79 Å². The van der Waals surface area contributed by atoms with Crippen LogP contribution in [0.1, 0.15) is 17.3 Å². The van der Waals surface area contributed by atoms with Gasteiger partial charge in [0.05, 0.1) is 4.90 Å². The fourth-order valence-corrected chi connectivity index (χ4v) is 2.62. The summed E-state index contributed by atoms with van der Waals surface area (Å²) < 4.78 is 22.6. The van der Waals surface area contributed by atoms with Crippen LogP contribution in [-0.4, -0.2) is 32.3 Å². The third-order valence-corrected chi connectivity index (χ3v) is 3.97. The van der Waals surface area contributed by atoms with E-state index in [1.807, 2.05) is 6.92 Å². The molecule has 0 heterocycles. The average Bonchev–Trinajstić information content (AvgIpc) is 2.33. The van der Waals surface area contributed by atoms with Gasteiger partial charge in [0.2, 0.25) is 0 Å². The highest BCUT2D eigenvalue weighted by atomic mass is 35.7. The van der Waals surface area contributed by atoms with Crippen LogP contribution in [0.3, 0.4) is 0 Å². The molecular weight excluding hydrogens is 309 g/mol. The predicted octanol–water partition coefficient (Wildman–Crippen LogP) is 2.92. The Morgan fingerprint density at radius 3 is 2.53 bits per heavy atom. The Labute approximate surface area is 122 Å². The highest BCUT2D eigenvalue weighted by Crippen LogP contribution is 2.22. The molecule has 0 spiro atoms. The van der Waals surface area contributed by atoms with Gasteiger partial charge >= 0.3 is 0 Å². The van der Waals surface area contributed by atoms with Crippen LogP contribution in [0, 0.1) is 0 Å².